The number of benzene rings is 3. The van der Waals surface area contributed by atoms with E-state index in [4.69, 9.17) is 21.1 Å². The summed E-state index contributed by atoms with van der Waals surface area (Å²) in [7, 11) is 0. The van der Waals surface area contributed by atoms with Crippen LogP contribution in [-0.4, -0.2) is 24.7 Å². The third-order valence-electron chi connectivity index (χ3n) is 4.23. The number of ether oxygens (including phenoxy) is 2. The average Bonchev–Trinajstić information content (AvgIpc) is 2.76. The van der Waals surface area contributed by atoms with Crippen LogP contribution < -0.4 is 14.9 Å². The van der Waals surface area contributed by atoms with E-state index in [0.29, 0.717) is 39.8 Å². The van der Waals surface area contributed by atoms with E-state index in [2.05, 4.69) is 10.5 Å². The number of rotatable bonds is 7. The molecule has 0 radical (unpaired) electrons. The van der Waals surface area contributed by atoms with Gasteiger partial charge in [0.25, 0.3) is 5.91 Å². The van der Waals surface area contributed by atoms with Gasteiger partial charge in [0.15, 0.2) is 11.5 Å². The van der Waals surface area contributed by atoms with E-state index in [-0.39, 0.29) is 0 Å². The van der Waals surface area contributed by atoms with Gasteiger partial charge in [-0.3, -0.25) is 4.79 Å². The third kappa shape index (κ3) is 5.93. The predicted molar refractivity (Wildman–Crippen MR) is 120 cm³/mol. The van der Waals surface area contributed by atoms with E-state index in [1.165, 1.54) is 6.21 Å². The monoisotopic (exact) mass is 436 g/mol. The zero-order valence-corrected chi connectivity index (χ0v) is 17.8. The summed E-state index contributed by atoms with van der Waals surface area (Å²) in [5, 5.41) is 4.33. The topological polar surface area (TPSA) is 77.0 Å². The number of esters is 1. The van der Waals surface area contributed by atoms with E-state index < -0.39 is 11.9 Å². The first-order chi connectivity index (χ1) is 15.0. The van der Waals surface area contributed by atoms with Crippen LogP contribution in [0.5, 0.6) is 11.5 Å². The molecule has 3 aromatic rings. The smallest absolute Gasteiger partial charge is 0.343 e. The first-order valence-electron chi connectivity index (χ1n) is 9.61. The van der Waals surface area contributed by atoms with Gasteiger partial charge in [-0.2, -0.15) is 5.10 Å². The molecule has 1 amide bonds. The summed E-state index contributed by atoms with van der Waals surface area (Å²) >= 11 is 6.11. The summed E-state index contributed by atoms with van der Waals surface area (Å²) in [4.78, 5) is 24.6. The highest BCUT2D eigenvalue weighted by molar-refractivity contribution is 6.33. The molecule has 0 unspecified atom stereocenters. The molecule has 0 saturated heterocycles. The van der Waals surface area contributed by atoms with Crippen LogP contribution in [0, 0.1) is 6.92 Å². The number of hydrazone groups is 1. The molecule has 158 valence electrons. The Hall–Kier alpha value is -3.64. The fraction of sp³-hybridized carbons (Fsp3) is 0.125. The van der Waals surface area contributed by atoms with Gasteiger partial charge < -0.3 is 9.47 Å². The summed E-state index contributed by atoms with van der Waals surface area (Å²) in [5.74, 6) is -0.211. The van der Waals surface area contributed by atoms with Crippen LogP contribution in [0.25, 0.3) is 0 Å². The van der Waals surface area contributed by atoms with Crippen LogP contribution in [0.3, 0.4) is 0 Å². The molecular formula is C24H21ClN2O4. The van der Waals surface area contributed by atoms with Gasteiger partial charge >= 0.3 is 5.97 Å². The van der Waals surface area contributed by atoms with Gasteiger partial charge in [0, 0.05) is 0 Å². The number of hydrogen-bond donors (Lipinski definition) is 1. The number of amides is 1. The molecule has 0 aliphatic rings. The normalized spacial score (nSPS) is 10.7. The molecule has 0 fully saturated rings. The highest BCUT2D eigenvalue weighted by atomic mass is 35.5. The van der Waals surface area contributed by atoms with E-state index in [9.17, 15) is 9.59 Å². The third-order valence-corrected chi connectivity index (χ3v) is 4.54. The van der Waals surface area contributed by atoms with Crippen molar-refractivity contribution < 1.29 is 19.1 Å². The molecule has 0 spiro atoms. The first kappa shape index (κ1) is 22.1. The standard InChI is InChI=1S/C24H21ClN2O4/c1-3-30-22-14-17(10-12-21(22)31-24(29)18-7-5-4-6-8-18)15-26-27-23(28)19-11-9-16(2)13-20(19)25/h4-15H,3H2,1-2H3,(H,27,28)/b26-15+. The number of nitrogens with zero attached hydrogens (tertiary/aromatic N) is 1. The van der Waals surface area contributed by atoms with E-state index in [1.807, 2.05) is 19.9 Å². The Balaban J connectivity index is 1.71. The van der Waals surface area contributed by atoms with Crippen molar-refractivity contribution in [3.05, 3.63) is 94.0 Å². The minimum atomic E-state index is -0.481. The van der Waals surface area contributed by atoms with Gasteiger partial charge in [-0.15, -0.1) is 0 Å². The van der Waals surface area contributed by atoms with Crippen molar-refractivity contribution in [1.82, 2.24) is 5.43 Å². The molecule has 0 atom stereocenters. The van der Waals surface area contributed by atoms with E-state index in [1.54, 1.807) is 60.7 Å². The molecule has 0 bridgehead atoms. The SMILES string of the molecule is CCOc1cc(/C=N/NC(=O)c2ccc(C)cc2Cl)ccc1OC(=O)c1ccccc1. The molecular weight excluding hydrogens is 416 g/mol. The molecule has 1 N–H and O–H groups in total. The lowest BCUT2D eigenvalue weighted by Crippen LogP contribution is -2.18. The molecule has 7 heteroatoms. The van der Waals surface area contributed by atoms with Gasteiger partial charge in [0.2, 0.25) is 0 Å². The Morgan fingerprint density at radius 3 is 2.52 bits per heavy atom. The second kappa shape index (κ2) is 10.4. The van der Waals surface area contributed by atoms with Crippen LogP contribution >= 0.6 is 11.6 Å². The molecule has 0 aromatic heterocycles. The van der Waals surface area contributed by atoms with Gasteiger partial charge in [0.05, 0.1) is 29.0 Å². The molecule has 3 rings (SSSR count). The second-order valence-corrected chi connectivity index (χ2v) is 6.98. The van der Waals surface area contributed by atoms with Crippen molar-refractivity contribution in [2.24, 2.45) is 5.10 Å². The minimum absolute atomic E-state index is 0.295. The fourth-order valence-corrected chi connectivity index (χ4v) is 3.04. The van der Waals surface area contributed by atoms with Crippen molar-refractivity contribution in [2.75, 3.05) is 6.61 Å². The van der Waals surface area contributed by atoms with Gasteiger partial charge in [-0.25, -0.2) is 10.2 Å². The molecule has 0 aliphatic carbocycles. The maximum atomic E-state index is 12.3. The van der Waals surface area contributed by atoms with Crippen LogP contribution in [0.15, 0.2) is 71.8 Å². The molecule has 31 heavy (non-hydrogen) atoms. The number of carbonyl (C=O) groups excluding carboxylic acids is 2. The highest BCUT2D eigenvalue weighted by Gasteiger charge is 2.13. The lowest BCUT2D eigenvalue weighted by atomic mass is 10.1. The number of aryl methyl sites for hydroxylation is 1. The lowest BCUT2D eigenvalue weighted by Gasteiger charge is -2.11. The zero-order valence-electron chi connectivity index (χ0n) is 17.1. The molecule has 6 nitrogen and oxygen atoms in total. The Morgan fingerprint density at radius 1 is 1.03 bits per heavy atom. The summed E-state index contributed by atoms with van der Waals surface area (Å²) < 4.78 is 11.1. The van der Waals surface area contributed by atoms with Crippen molar-refractivity contribution >= 4 is 29.7 Å². The van der Waals surface area contributed by atoms with Gasteiger partial charge in [0.1, 0.15) is 0 Å². The van der Waals surface area contributed by atoms with Crippen LogP contribution in [-0.2, 0) is 0 Å². The number of halogens is 1. The lowest BCUT2D eigenvalue weighted by molar-refractivity contribution is 0.0728. The zero-order chi connectivity index (χ0) is 22.2. The summed E-state index contributed by atoms with van der Waals surface area (Å²) in [5.41, 5.74) is 4.83. The molecule has 0 saturated carbocycles. The predicted octanol–water partition coefficient (Wildman–Crippen LogP) is 5.03. The fourth-order valence-electron chi connectivity index (χ4n) is 2.72. The first-order valence-corrected chi connectivity index (χ1v) is 9.99. The summed E-state index contributed by atoms with van der Waals surface area (Å²) in [6.45, 7) is 4.11. The number of nitrogens with one attached hydrogen (secondary N) is 1. The highest BCUT2D eigenvalue weighted by Crippen LogP contribution is 2.29. The van der Waals surface area contributed by atoms with Crippen molar-refractivity contribution in [2.45, 2.75) is 13.8 Å². The Labute approximate surface area is 185 Å². The van der Waals surface area contributed by atoms with E-state index >= 15 is 0 Å². The quantitative estimate of drug-likeness (QED) is 0.244. The maximum Gasteiger partial charge on any atom is 0.343 e. The minimum Gasteiger partial charge on any atom is -0.490 e. The number of carbonyl (C=O) groups is 2. The Kier molecular flexibility index (Phi) is 7.40. The maximum absolute atomic E-state index is 12.3. The largest absolute Gasteiger partial charge is 0.490 e. The average molecular weight is 437 g/mol. The van der Waals surface area contributed by atoms with Crippen molar-refractivity contribution in [3.63, 3.8) is 0 Å². The number of hydrogen-bond acceptors (Lipinski definition) is 5. The van der Waals surface area contributed by atoms with Crippen LogP contribution in [0.2, 0.25) is 5.02 Å². The van der Waals surface area contributed by atoms with E-state index in [0.717, 1.165) is 5.56 Å². The van der Waals surface area contributed by atoms with Crippen molar-refractivity contribution in [1.29, 1.82) is 0 Å². The van der Waals surface area contributed by atoms with Gasteiger partial charge in [-0.05, 0) is 67.4 Å². The summed E-state index contributed by atoms with van der Waals surface area (Å²) in [6.07, 6.45) is 1.46. The van der Waals surface area contributed by atoms with Crippen molar-refractivity contribution in [3.8, 4) is 11.5 Å². The Morgan fingerprint density at radius 2 is 1.81 bits per heavy atom. The molecule has 0 aliphatic heterocycles. The Bertz CT molecular complexity index is 1110. The molecule has 3 aromatic carbocycles. The second-order valence-electron chi connectivity index (χ2n) is 6.58. The van der Waals surface area contributed by atoms with Gasteiger partial charge in [-0.1, -0.05) is 35.9 Å². The summed E-state index contributed by atoms with van der Waals surface area (Å²) in [6, 6.07) is 18.8. The molecule has 0 heterocycles. The van der Waals surface area contributed by atoms with Crippen LogP contribution in [0.1, 0.15) is 38.8 Å². The van der Waals surface area contributed by atoms with Crippen LogP contribution in [0.4, 0.5) is 0 Å².